The summed E-state index contributed by atoms with van der Waals surface area (Å²) >= 11 is 0. The van der Waals surface area contributed by atoms with Crippen LogP contribution in [0.1, 0.15) is 0 Å². The van der Waals surface area contributed by atoms with E-state index in [1.54, 1.807) is 4.57 Å². The van der Waals surface area contributed by atoms with Gasteiger partial charge >= 0.3 is 0 Å². The molecule has 4 rings (SSSR count). The molecule has 1 aromatic heterocycles. The lowest BCUT2D eigenvalue weighted by Gasteiger charge is -2.57. The summed E-state index contributed by atoms with van der Waals surface area (Å²) in [6.07, 6.45) is 0.686. The lowest BCUT2D eigenvalue weighted by atomic mass is 9.81. The van der Waals surface area contributed by atoms with Gasteiger partial charge in [-0.15, -0.1) is 0 Å². The predicted octanol–water partition coefficient (Wildman–Crippen LogP) is -2.02. The van der Waals surface area contributed by atoms with E-state index in [0.717, 1.165) is 0 Å². The molecule has 2 unspecified atom stereocenters. The molecule has 3 saturated heterocycles. The molecule has 19 heavy (non-hydrogen) atoms. The fourth-order valence-electron chi connectivity index (χ4n) is 2.66. The molecule has 2 bridgehead atoms. The number of ether oxygens (including phenoxy) is 2. The molecule has 104 valence electrons. The summed E-state index contributed by atoms with van der Waals surface area (Å²) in [6, 6.07) is 2.72. The molecule has 0 saturated carbocycles. The first kappa shape index (κ1) is 12.8. The van der Waals surface area contributed by atoms with Crippen molar-refractivity contribution in [3.05, 3.63) is 34.7 Å². The summed E-state index contributed by atoms with van der Waals surface area (Å²) in [5.41, 5.74) is 3.18. The normalized spacial score (nSPS) is 41.4. The Bertz CT molecular complexity index is 515. The smallest absolute Gasteiger partial charge is 0.197 e. The van der Waals surface area contributed by atoms with E-state index in [9.17, 15) is 15.0 Å². The number of fused-ring (bicyclic) bond motifs is 3. The Balaban J connectivity index is 2.02. The third-order valence-corrected chi connectivity index (χ3v) is 4.01. The molecule has 0 amide bonds. The van der Waals surface area contributed by atoms with E-state index < -0.39 is 23.5 Å². The zero-order valence-corrected chi connectivity index (χ0v) is 10.2. The van der Waals surface area contributed by atoms with Gasteiger partial charge in [-0.05, 0) is 0 Å². The molecule has 4 heterocycles. The number of nitrogens with zero attached hydrogens (tertiary/aromatic N) is 1. The number of pyridine rings is 1. The Hall–Kier alpha value is -1.25. The molecule has 3 aliphatic heterocycles. The number of rotatable bonds is 2. The minimum Gasteiger partial charge on any atom is -0.387 e. The molecule has 7 heteroatoms. The van der Waals surface area contributed by atoms with Crippen LogP contribution in [0.4, 0.5) is 0 Å². The van der Waals surface area contributed by atoms with Crippen LogP contribution in [-0.4, -0.2) is 52.3 Å². The third-order valence-electron chi connectivity index (χ3n) is 4.01. The SMILES string of the molecule is NCC12COC(n3ccc(=O)cc3)(CO1)[C@@H](O)[C@H]2O. The fraction of sp³-hybridized carbons (Fsp3) is 0.583. The standard InChI is InChI=1S/C12H16N2O5/c13-5-11-6-19-12(7-18-11,10(17)9(11)16)14-3-1-8(15)2-4-14/h1-4,9-10,16-17H,5-7,13H2/t9-,10+,11?,12?/m1/s1. The lowest BCUT2D eigenvalue weighted by molar-refractivity contribution is -0.379. The minimum absolute atomic E-state index is 0.0608. The maximum atomic E-state index is 11.1. The van der Waals surface area contributed by atoms with Gasteiger partial charge in [0.2, 0.25) is 0 Å². The summed E-state index contributed by atoms with van der Waals surface area (Å²) in [5, 5.41) is 20.5. The zero-order chi connectivity index (χ0) is 13.7. The van der Waals surface area contributed by atoms with Crippen LogP contribution in [0.2, 0.25) is 0 Å². The third kappa shape index (κ3) is 1.60. The average molecular weight is 268 g/mol. The Kier molecular flexibility index (Phi) is 2.77. The second kappa shape index (κ2) is 4.12. The maximum Gasteiger partial charge on any atom is 0.197 e. The van der Waals surface area contributed by atoms with Crippen LogP contribution >= 0.6 is 0 Å². The fourth-order valence-corrected chi connectivity index (χ4v) is 2.66. The molecule has 3 aliphatic rings. The van der Waals surface area contributed by atoms with Gasteiger partial charge in [-0.25, -0.2) is 0 Å². The van der Waals surface area contributed by atoms with Crippen molar-refractivity contribution in [2.45, 2.75) is 23.5 Å². The highest BCUT2D eigenvalue weighted by Gasteiger charge is 2.62. The summed E-state index contributed by atoms with van der Waals surface area (Å²) in [7, 11) is 0. The highest BCUT2D eigenvalue weighted by atomic mass is 16.6. The van der Waals surface area contributed by atoms with Crippen LogP contribution < -0.4 is 11.2 Å². The first-order valence-corrected chi connectivity index (χ1v) is 6.07. The van der Waals surface area contributed by atoms with Crippen molar-refractivity contribution in [3.63, 3.8) is 0 Å². The first-order valence-electron chi connectivity index (χ1n) is 6.07. The van der Waals surface area contributed by atoms with E-state index >= 15 is 0 Å². The van der Waals surface area contributed by atoms with Gasteiger partial charge in [0.15, 0.2) is 11.2 Å². The van der Waals surface area contributed by atoms with Crippen LogP contribution in [-0.2, 0) is 15.2 Å². The Morgan fingerprint density at radius 1 is 1.26 bits per heavy atom. The van der Waals surface area contributed by atoms with Crippen molar-refractivity contribution in [3.8, 4) is 0 Å². The van der Waals surface area contributed by atoms with E-state index in [1.165, 1.54) is 24.5 Å². The summed E-state index contributed by atoms with van der Waals surface area (Å²) in [6.45, 7) is 0.213. The monoisotopic (exact) mass is 268 g/mol. The average Bonchev–Trinajstić information content (AvgIpc) is 2.45. The Labute approximate surface area is 109 Å². The van der Waals surface area contributed by atoms with E-state index in [0.29, 0.717) is 0 Å². The van der Waals surface area contributed by atoms with Crippen LogP contribution in [0.15, 0.2) is 29.3 Å². The number of aliphatic hydroxyl groups excluding tert-OH is 2. The molecule has 0 aliphatic carbocycles. The Morgan fingerprint density at radius 3 is 2.47 bits per heavy atom. The van der Waals surface area contributed by atoms with E-state index in [1.807, 2.05) is 0 Å². The molecule has 0 aromatic carbocycles. The van der Waals surface area contributed by atoms with Crippen LogP contribution in [0.25, 0.3) is 0 Å². The molecule has 7 nitrogen and oxygen atoms in total. The van der Waals surface area contributed by atoms with E-state index in [2.05, 4.69) is 0 Å². The first-order chi connectivity index (χ1) is 9.04. The molecule has 1 aromatic rings. The van der Waals surface area contributed by atoms with Crippen molar-refractivity contribution >= 4 is 0 Å². The highest BCUT2D eigenvalue weighted by Crippen LogP contribution is 2.42. The molecular formula is C12H16N2O5. The largest absolute Gasteiger partial charge is 0.387 e. The van der Waals surface area contributed by atoms with Gasteiger partial charge in [0.25, 0.3) is 0 Å². The van der Waals surface area contributed by atoms with Crippen LogP contribution in [0, 0.1) is 0 Å². The number of aromatic nitrogens is 1. The predicted molar refractivity (Wildman–Crippen MR) is 64.4 cm³/mol. The zero-order valence-electron chi connectivity index (χ0n) is 10.2. The summed E-state index contributed by atoms with van der Waals surface area (Å²) < 4.78 is 12.9. The molecule has 0 radical (unpaired) electrons. The summed E-state index contributed by atoms with van der Waals surface area (Å²) in [5.74, 6) is 0. The van der Waals surface area contributed by atoms with Gasteiger partial charge < -0.3 is 30.0 Å². The van der Waals surface area contributed by atoms with Gasteiger partial charge in [-0.1, -0.05) is 0 Å². The molecule has 4 atom stereocenters. The van der Waals surface area contributed by atoms with Gasteiger partial charge in [-0.2, -0.15) is 0 Å². The second-order valence-electron chi connectivity index (χ2n) is 5.02. The highest BCUT2D eigenvalue weighted by molar-refractivity contribution is 5.11. The van der Waals surface area contributed by atoms with Crippen molar-refractivity contribution in [1.29, 1.82) is 0 Å². The van der Waals surface area contributed by atoms with E-state index in [-0.39, 0.29) is 25.2 Å². The van der Waals surface area contributed by atoms with Gasteiger partial charge in [0.05, 0.1) is 13.2 Å². The van der Waals surface area contributed by atoms with Gasteiger partial charge in [0.1, 0.15) is 17.8 Å². The van der Waals surface area contributed by atoms with Crippen molar-refractivity contribution < 1.29 is 19.7 Å². The van der Waals surface area contributed by atoms with Crippen LogP contribution in [0.3, 0.4) is 0 Å². The van der Waals surface area contributed by atoms with Gasteiger partial charge in [0, 0.05) is 31.1 Å². The molecule has 4 N–H and O–H groups in total. The number of hydrogen-bond acceptors (Lipinski definition) is 6. The van der Waals surface area contributed by atoms with E-state index in [4.69, 9.17) is 15.2 Å². The topological polar surface area (TPSA) is 107 Å². The van der Waals surface area contributed by atoms with Crippen molar-refractivity contribution in [2.24, 2.45) is 5.73 Å². The minimum atomic E-state index is -1.22. The van der Waals surface area contributed by atoms with Crippen molar-refractivity contribution in [2.75, 3.05) is 19.8 Å². The van der Waals surface area contributed by atoms with Crippen LogP contribution in [0.5, 0.6) is 0 Å². The van der Waals surface area contributed by atoms with Crippen molar-refractivity contribution in [1.82, 2.24) is 4.57 Å². The number of hydrogen-bond donors (Lipinski definition) is 3. The lowest BCUT2D eigenvalue weighted by Crippen LogP contribution is -2.76. The van der Waals surface area contributed by atoms with Gasteiger partial charge in [-0.3, -0.25) is 4.79 Å². The Morgan fingerprint density at radius 2 is 1.95 bits per heavy atom. The number of aliphatic hydroxyl groups is 2. The quantitative estimate of drug-likeness (QED) is 0.571. The molecular weight excluding hydrogens is 252 g/mol. The summed E-state index contributed by atoms with van der Waals surface area (Å²) in [4.78, 5) is 11.1. The maximum absolute atomic E-state index is 11.1. The second-order valence-corrected chi connectivity index (χ2v) is 5.02. The molecule has 0 spiro atoms. The number of nitrogens with two attached hydrogens (primary N) is 1. The molecule has 3 fully saturated rings.